The van der Waals surface area contributed by atoms with Gasteiger partial charge in [-0.2, -0.15) is 0 Å². The van der Waals surface area contributed by atoms with E-state index in [1.54, 1.807) is 0 Å². The second-order valence-corrected chi connectivity index (χ2v) is 7.24. The zero-order valence-corrected chi connectivity index (χ0v) is 16.5. The molecule has 0 saturated heterocycles. The summed E-state index contributed by atoms with van der Waals surface area (Å²) >= 11 is 0. The monoisotopic (exact) mass is 383 g/mol. The Bertz CT molecular complexity index is 305. The van der Waals surface area contributed by atoms with Gasteiger partial charge in [-0.15, -0.1) is 0 Å². The number of hydrogen-bond acceptors (Lipinski definition) is 8. The van der Waals surface area contributed by atoms with Crippen LogP contribution >= 0.6 is 7.92 Å². The largest absolute Gasteiger partial charge is 0.411 e. The summed E-state index contributed by atoms with van der Waals surface area (Å²) in [6.45, 7) is 13.0. The van der Waals surface area contributed by atoms with Crippen LogP contribution in [0, 0.1) is 7.43 Å². The van der Waals surface area contributed by atoms with Gasteiger partial charge in [-0.05, 0) is 35.6 Å². The van der Waals surface area contributed by atoms with Crippen molar-refractivity contribution in [2.75, 3.05) is 20.0 Å². The molecule has 0 aliphatic carbocycles. The molecule has 0 unspecified atom stereocenters. The quantitative estimate of drug-likeness (QED) is 0.192. The summed E-state index contributed by atoms with van der Waals surface area (Å²) in [7, 11) is 0.120. The van der Waals surface area contributed by atoms with Gasteiger partial charge < -0.3 is 28.3 Å². The molecule has 10 heteroatoms. The van der Waals surface area contributed by atoms with Gasteiger partial charge >= 0.3 is 0 Å². The third-order valence-corrected chi connectivity index (χ3v) is 1.65. The second kappa shape index (κ2) is 22.1. The number of rotatable bonds is 2. The van der Waals surface area contributed by atoms with Crippen LogP contribution in [0.3, 0.4) is 0 Å². The SMILES string of the molecule is CC(=NO)C(C)=NO.CC(=NO)C(C)=NO.C[PH+](C)C.[CH3-].[Co]. The molecule has 4 N–H and O–H groups in total. The fourth-order valence-electron chi connectivity index (χ4n) is 0.289. The first kappa shape index (κ1) is 32.7. The number of hydrogen-bond donors (Lipinski definition) is 4. The van der Waals surface area contributed by atoms with E-state index in [0.717, 1.165) is 0 Å². The molecule has 0 amide bonds. The van der Waals surface area contributed by atoms with Gasteiger partial charge in [-0.25, -0.2) is 0 Å². The molecule has 0 rings (SSSR count). The average Bonchev–Trinajstić information content (AvgIpc) is 2.43. The molecule has 0 aromatic heterocycles. The Morgan fingerprint density at radius 1 is 0.591 bits per heavy atom. The molecule has 0 heterocycles. The first-order valence-corrected chi connectivity index (χ1v) is 8.69. The van der Waals surface area contributed by atoms with E-state index in [0.29, 0.717) is 22.8 Å². The Hall–Kier alpha value is -1.18. The third kappa shape index (κ3) is 27.2. The maximum atomic E-state index is 8.03. The van der Waals surface area contributed by atoms with Crippen molar-refractivity contribution in [3.63, 3.8) is 0 Å². The van der Waals surface area contributed by atoms with Crippen molar-refractivity contribution in [3.8, 4) is 0 Å². The summed E-state index contributed by atoms with van der Waals surface area (Å²) < 4.78 is 0. The van der Waals surface area contributed by atoms with Crippen LogP contribution in [-0.2, 0) is 16.8 Å². The van der Waals surface area contributed by atoms with Crippen LogP contribution in [-0.4, -0.2) is 63.7 Å². The van der Waals surface area contributed by atoms with Crippen LogP contribution in [0.15, 0.2) is 20.6 Å². The summed E-state index contributed by atoms with van der Waals surface area (Å²) in [6.07, 6.45) is 0. The Kier molecular flexibility index (Phi) is 32.8. The molecule has 0 bridgehead atoms. The van der Waals surface area contributed by atoms with Gasteiger partial charge in [0.15, 0.2) is 0 Å². The van der Waals surface area contributed by atoms with Crippen molar-refractivity contribution in [2.45, 2.75) is 27.7 Å². The third-order valence-electron chi connectivity index (χ3n) is 1.65. The van der Waals surface area contributed by atoms with Crippen LogP contribution in [0.25, 0.3) is 0 Å². The van der Waals surface area contributed by atoms with Gasteiger partial charge in [0.25, 0.3) is 0 Å². The maximum Gasteiger partial charge on any atom is 0.101 e. The fraction of sp³-hybridized carbons (Fsp3) is 0.583. The van der Waals surface area contributed by atoms with Gasteiger partial charge in [0.1, 0.15) is 22.8 Å². The molecule has 0 saturated carbocycles. The summed E-state index contributed by atoms with van der Waals surface area (Å²) in [4.78, 5) is 0. The van der Waals surface area contributed by atoms with Crippen molar-refractivity contribution in [2.24, 2.45) is 20.6 Å². The molecular formula is C12H29CoN4O4P. The smallest absolute Gasteiger partial charge is 0.101 e. The maximum absolute atomic E-state index is 8.03. The summed E-state index contributed by atoms with van der Waals surface area (Å²) in [5, 5.41) is 43.3. The predicted octanol–water partition coefficient (Wildman–Crippen LogP) is 2.91. The van der Waals surface area contributed by atoms with E-state index < -0.39 is 0 Å². The zero-order chi connectivity index (χ0) is 16.7. The van der Waals surface area contributed by atoms with Gasteiger partial charge in [0.2, 0.25) is 0 Å². The van der Waals surface area contributed by atoms with Crippen LogP contribution in [0.1, 0.15) is 27.7 Å². The molecule has 22 heavy (non-hydrogen) atoms. The predicted molar refractivity (Wildman–Crippen MR) is 92.1 cm³/mol. The van der Waals surface area contributed by atoms with Crippen molar-refractivity contribution < 1.29 is 37.6 Å². The zero-order valence-electron chi connectivity index (χ0n) is 14.4. The Morgan fingerprint density at radius 3 is 0.727 bits per heavy atom. The van der Waals surface area contributed by atoms with Crippen molar-refractivity contribution >= 4 is 30.8 Å². The normalized spacial score (nSPS) is 12.0. The molecule has 0 spiro atoms. The molecule has 0 aliphatic rings. The van der Waals surface area contributed by atoms with Gasteiger partial charge in [-0.3, -0.25) is 0 Å². The van der Waals surface area contributed by atoms with Crippen molar-refractivity contribution in [1.82, 2.24) is 0 Å². The standard InChI is InChI=1S/2C4H8N2O2.C3H9P.CH3.Co/c2*1-3(5-7)4(2)6-8;1-4(2)3;;/h2*7-8H,1-2H3;1-3H3;1H3;/q;;;-1;/p+1. The summed E-state index contributed by atoms with van der Waals surface area (Å²) in [6, 6.07) is 0. The van der Waals surface area contributed by atoms with E-state index in [1.807, 2.05) is 0 Å². The first-order chi connectivity index (χ1) is 9.17. The number of oxime groups is 4. The topological polar surface area (TPSA) is 130 Å². The molecule has 0 atom stereocenters. The van der Waals surface area contributed by atoms with Gasteiger partial charge in [0.05, 0.1) is 0 Å². The van der Waals surface area contributed by atoms with E-state index in [1.165, 1.54) is 27.7 Å². The number of nitrogens with zero attached hydrogens (tertiary/aromatic N) is 4. The molecule has 0 fully saturated rings. The molecule has 0 aliphatic heterocycles. The minimum Gasteiger partial charge on any atom is -0.411 e. The fourth-order valence-corrected chi connectivity index (χ4v) is 0.289. The van der Waals surface area contributed by atoms with Crippen LogP contribution in [0.2, 0.25) is 0 Å². The second-order valence-electron chi connectivity index (χ2n) is 4.24. The average molecular weight is 383 g/mol. The minimum atomic E-state index is 0. The molecule has 0 aromatic rings. The minimum absolute atomic E-state index is 0. The Labute approximate surface area is 144 Å². The van der Waals surface area contributed by atoms with E-state index in [9.17, 15) is 0 Å². The molecule has 8 nitrogen and oxygen atoms in total. The van der Waals surface area contributed by atoms with Crippen molar-refractivity contribution in [3.05, 3.63) is 7.43 Å². The van der Waals surface area contributed by atoms with Gasteiger partial charge in [0, 0.05) is 36.8 Å². The van der Waals surface area contributed by atoms with Gasteiger partial charge in [-0.1, -0.05) is 20.6 Å². The Morgan fingerprint density at radius 2 is 0.682 bits per heavy atom. The molecule has 0 aromatic carbocycles. The van der Waals surface area contributed by atoms with E-state index >= 15 is 0 Å². The first-order valence-electron chi connectivity index (χ1n) is 5.69. The van der Waals surface area contributed by atoms with Crippen molar-refractivity contribution in [1.29, 1.82) is 0 Å². The molecule has 135 valence electrons. The van der Waals surface area contributed by atoms with E-state index in [-0.39, 0.29) is 32.1 Å². The molecule has 1 radical (unpaired) electrons. The van der Waals surface area contributed by atoms with Crippen LogP contribution in [0.5, 0.6) is 0 Å². The van der Waals surface area contributed by atoms with E-state index in [2.05, 4.69) is 40.6 Å². The Balaban J connectivity index is -0.0000000661. The molecular weight excluding hydrogens is 354 g/mol. The summed E-state index contributed by atoms with van der Waals surface area (Å²) in [5.41, 5.74) is 1.25. The van der Waals surface area contributed by atoms with E-state index in [4.69, 9.17) is 20.8 Å². The summed E-state index contributed by atoms with van der Waals surface area (Å²) in [5.74, 6) is 0. The van der Waals surface area contributed by atoms with Crippen LogP contribution < -0.4 is 0 Å². The van der Waals surface area contributed by atoms with Crippen LogP contribution in [0.4, 0.5) is 0 Å².